The molecule has 0 radical (unpaired) electrons. The van der Waals surface area contributed by atoms with Gasteiger partial charge in [-0.2, -0.15) is 0 Å². The summed E-state index contributed by atoms with van der Waals surface area (Å²) in [6.45, 7) is 4.37. The summed E-state index contributed by atoms with van der Waals surface area (Å²) in [6, 6.07) is 0. The summed E-state index contributed by atoms with van der Waals surface area (Å²) in [7, 11) is 0. The van der Waals surface area contributed by atoms with Crippen LogP contribution in [0.2, 0.25) is 0 Å². The lowest BCUT2D eigenvalue weighted by Gasteiger charge is -2.07. The van der Waals surface area contributed by atoms with Gasteiger partial charge >= 0.3 is 5.97 Å². The van der Waals surface area contributed by atoms with E-state index in [9.17, 15) is 9.59 Å². The third-order valence-corrected chi connectivity index (χ3v) is 2.57. The van der Waals surface area contributed by atoms with Crippen molar-refractivity contribution in [1.29, 1.82) is 0 Å². The number of hydrogen-bond acceptors (Lipinski definition) is 2. The molecule has 0 saturated heterocycles. The summed E-state index contributed by atoms with van der Waals surface area (Å²) < 4.78 is 0. The monoisotopic (exact) mass is 229 g/mol. The molecule has 0 spiro atoms. The Morgan fingerprint density at radius 2 is 1.94 bits per heavy atom. The van der Waals surface area contributed by atoms with E-state index in [1.54, 1.807) is 6.92 Å². The van der Waals surface area contributed by atoms with Crippen molar-refractivity contribution < 1.29 is 14.7 Å². The first-order valence-electron chi connectivity index (χ1n) is 6.07. The van der Waals surface area contributed by atoms with Gasteiger partial charge in [0.15, 0.2) is 0 Å². The Morgan fingerprint density at radius 1 is 1.25 bits per heavy atom. The summed E-state index contributed by atoms with van der Waals surface area (Å²) in [5, 5.41) is 11.5. The quantitative estimate of drug-likeness (QED) is 0.595. The van der Waals surface area contributed by atoms with E-state index in [1.165, 1.54) is 0 Å². The second-order valence-electron chi connectivity index (χ2n) is 4.19. The van der Waals surface area contributed by atoms with Crippen LogP contribution in [-0.4, -0.2) is 23.5 Å². The predicted octanol–water partition coefficient (Wildman–Crippen LogP) is 2.18. The van der Waals surface area contributed by atoms with Crippen molar-refractivity contribution in [1.82, 2.24) is 5.32 Å². The molecule has 0 aromatic heterocycles. The van der Waals surface area contributed by atoms with Gasteiger partial charge in [0.1, 0.15) is 0 Å². The van der Waals surface area contributed by atoms with Crippen LogP contribution in [0.25, 0.3) is 0 Å². The van der Waals surface area contributed by atoms with Gasteiger partial charge in [-0.3, -0.25) is 9.59 Å². The van der Waals surface area contributed by atoms with Crippen molar-refractivity contribution >= 4 is 11.9 Å². The minimum Gasteiger partial charge on any atom is -0.481 e. The average Bonchev–Trinajstić information content (AvgIpc) is 2.24. The van der Waals surface area contributed by atoms with Crippen LogP contribution in [0.5, 0.6) is 0 Å². The number of hydrogen-bond donors (Lipinski definition) is 2. The Balaban J connectivity index is 3.37. The van der Waals surface area contributed by atoms with Crippen molar-refractivity contribution in [2.24, 2.45) is 5.92 Å². The number of amides is 1. The second-order valence-corrected chi connectivity index (χ2v) is 4.19. The summed E-state index contributed by atoms with van der Waals surface area (Å²) in [5.74, 6) is -1.01. The van der Waals surface area contributed by atoms with Gasteiger partial charge < -0.3 is 10.4 Å². The standard InChI is InChI=1S/C12H23NO3/c1-3-4-5-8-11(14)13-9-6-7-10(2)12(15)16/h10H,3-9H2,1-2H3,(H,13,14)(H,15,16). The maximum Gasteiger partial charge on any atom is 0.306 e. The molecule has 1 amide bonds. The van der Waals surface area contributed by atoms with Gasteiger partial charge in [-0.1, -0.05) is 26.7 Å². The SMILES string of the molecule is CCCCCC(=O)NCCCC(C)C(=O)O. The molecule has 0 fully saturated rings. The molecular formula is C12H23NO3. The first-order chi connectivity index (χ1) is 7.57. The van der Waals surface area contributed by atoms with Crippen molar-refractivity contribution in [2.75, 3.05) is 6.54 Å². The highest BCUT2D eigenvalue weighted by Crippen LogP contribution is 2.04. The largest absolute Gasteiger partial charge is 0.481 e. The molecule has 0 heterocycles. The highest BCUT2D eigenvalue weighted by molar-refractivity contribution is 5.75. The van der Waals surface area contributed by atoms with E-state index in [0.29, 0.717) is 19.4 Å². The molecule has 1 atom stereocenters. The zero-order valence-corrected chi connectivity index (χ0v) is 10.3. The van der Waals surface area contributed by atoms with Gasteiger partial charge in [-0.05, 0) is 19.3 Å². The molecule has 0 aliphatic rings. The highest BCUT2D eigenvalue weighted by Gasteiger charge is 2.09. The highest BCUT2D eigenvalue weighted by atomic mass is 16.4. The Labute approximate surface area is 97.4 Å². The van der Waals surface area contributed by atoms with Gasteiger partial charge in [0.2, 0.25) is 5.91 Å². The minimum atomic E-state index is -0.769. The molecular weight excluding hydrogens is 206 g/mol. The molecule has 0 aromatic carbocycles. The van der Waals surface area contributed by atoms with Crippen LogP contribution >= 0.6 is 0 Å². The zero-order chi connectivity index (χ0) is 12.4. The van der Waals surface area contributed by atoms with Crippen molar-refractivity contribution in [3.8, 4) is 0 Å². The Hall–Kier alpha value is -1.06. The maximum absolute atomic E-state index is 11.3. The molecule has 1 unspecified atom stereocenters. The predicted molar refractivity (Wildman–Crippen MR) is 63.2 cm³/mol. The van der Waals surface area contributed by atoms with E-state index >= 15 is 0 Å². The number of carbonyl (C=O) groups excluding carboxylic acids is 1. The first-order valence-corrected chi connectivity index (χ1v) is 6.07. The number of rotatable bonds is 9. The van der Waals surface area contributed by atoms with Gasteiger partial charge in [0.05, 0.1) is 5.92 Å². The lowest BCUT2D eigenvalue weighted by Crippen LogP contribution is -2.24. The third kappa shape index (κ3) is 8.26. The van der Waals surface area contributed by atoms with E-state index in [4.69, 9.17) is 5.11 Å². The molecule has 4 heteroatoms. The Kier molecular flexibility index (Phi) is 8.58. The number of nitrogens with one attached hydrogen (secondary N) is 1. The van der Waals surface area contributed by atoms with Crippen molar-refractivity contribution in [2.45, 2.75) is 52.4 Å². The number of aliphatic carboxylic acids is 1. The number of unbranched alkanes of at least 4 members (excludes halogenated alkanes) is 2. The fourth-order valence-corrected chi connectivity index (χ4v) is 1.38. The van der Waals surface area contributed by atoms with E-state index in [-0.39, 0.29) is 11.8 Å². The Bertz CT molecular complexity index is 216. The van der Waals surface area contributed by atoms with Crippen LogP contribution < -0.4 is 5.32 Å². The summed E-state index contributed by atoms with van der Waals surface area (Å²) in [6.07, 6.45) is 5.07. The van der Waals surface area contributed by atoms with Crippen LogP contribution in [-0.2, 0) is 9.59 Å². The maximum atomic E-state index is 11.3. The van der Waals surface area contributed by atoms with Crippen molar-refractivity contribution in [3.63, 3.8) is 0 Å². The molecule has 0 rings (SSSR count). The third-order valence-electron chi connectivity index (χ3n) is 2.57. The minimum absolute atomic E-state index is 0.0800. The molecule has 0 bridgehead atoms. The topological polar surface area (TPSA) is 66.4 Å². The van der Waals surface area contributed by atoms with Gasteiger partial charge in [0.25, 0.3) is 0 Å². The van der Waals surface area contributed by atoms with Gasteiger partial charge in [-0.25, -0.2) is 0 Å². The molecule has 0 saturated carbocycles. The van der Waals surface area contributed by atoms with Crippen LogP contribution in [0.3, 0.4) is 0 Å². The number of carboxylic acids is 1. The zero-order valence-electron chi connectivity index (χ0n) is 10.3. The lowest BCUT2D eigenvalue weighted by atomic mass is 10.1. The van der Waals surface area contributed by atoms with Crippen molar-refractivity contribution in [3.05, 3.63) is 0 Å². The number of carboxylic acid groups (broad SMARTS) is 1. The molecule has 16 heavy (non-hydrogen) atoms. The normalized spacial score (nSPS) is 12.1. The fraction of sp³-hybridized carbons (Fsp3) is 0.833. The molecule has 0 aromatic rings. The number of carbonyl (C=O) groups is 2. The van der Waals surface area contributed by atoms with Crippen LogP contribution in [0.4, 0.5) is 0 Å². The van der Waals surface area contributed by atoms with Crippen LogP contribution in [0.1, 0.15) is 52.4 Å². The fourth-order valence-electron chi connectivity index (χ4n) is 1.38. The van der Waals surface area contributed by atoms with E-state index < -0.39 is 5.97 Å². The molecule has 0 aliphatic heterocycles. The summed E-state index contributed by atoms with van der Waals surface area (Å²) >= 11 is 0. The first kappa shape index (κ1) is 14.9. The molecule has 4 nitrogen and oxygen atoms in total. The van der Waals surface area contributed by atoms with Crippen LogP contribution in [0, 0.1) is 5.92 Å². The smallest absolute Gasteiger partial charge is 0.306 e. The van der Waals surface area contributed by atoms with Crippen LogP contribution in [0.15, 0.2) is 0 Å². The summed E-state index contributed by atoms with van der Waals surface area (Å²) in [4.78, 5) is 21.8. The van der Waals surface area contributed by atoms with E-state index in [2.05, 4.69) is 12.2 Å². The lowest BCUT2D eigenvalue weighted by molar-refractivity contribution is -0.141. The summed E-state index contributed by atoms with van der Waals surface area (Å²) in [5.41, 5.74) is 0. The van der Waals surface area contributed by atoms with Gasteiger partial charge in [0, 0.05) is 13.0 Å². The Morgan fingerprint density at radius 3 is 2.50 bits per heavy atom. The second kappa shape index (κ2) is 9.19. The molecule has 2 N–H and O–H groups in total. The molecule has 94 valence electrons. The molecule has 0 aliphatic carbocycles. The van der Waals surface area contributed by atoms with E-state index in [0.717, 1.165) is 25.7 Å². The van der Waals surface area contributed by atoms with Gasteiger partial charge in [-0.15, -0.1) is 0 Å². The van der Waals surface area contributed by atoms with E-state index in [1.807, 2.05) is 0 Å². The average molecular weight is 229 g/mol.